The molecule has 0 spiro atoms. The van der Waals surface area contributed by atoms with Gasteiger partial charge in [0.1, 0.15) is 0 Å². The minimum Gasteiger partial charge on any atom is -0.340 e. The number of ketones is 1. The number of halogens is 1. The fourth-order valence-electron chi connectivity index (χ4n) is 1.56. The van der Waals surface area contributed by atoms with Crippen LogP contribution in [-0.4, -0.2) is 24.8 Å². The van der Waals surface area contributed by atoms with Crippen LogP contribution in [0, 0.1) is 0 Å². The SMILES string of the molecule is CNC(=O)N1C(=O)C(=O)c2c(Cl)cccc21. The Balaban J connectivity index is 2.63. The molecule has 0 aromatic heterocycles. The third-order valence-electron chi connectivity index (χ3n) is 2.27. The summed E-state index contributed by atoms with van der Waals surface area (Å²) in [7, 11) is 1.38. The highest BCUT2D eigenvalue weighted by atomic mass is 35.5. The molecule has 1 heterocycles. The molecule has 2 rings (SSSR count). The number of benzene rings is 1. The van der Waals surface area contributed by atoms with Crippen molar-refractivity contribution in [2.75, 3.05) is 11.9 Å². The molecule has 1 N–H and O–H groups in total. The topological polar surface area (TPSA) is 66.5 Å². The Labute approximate surface area is 96.0 Å². The van der Waals surface area contributed by atoms with Crippen LogP contribution in [0.5, 0.6) is 0 Å². The summed E-state index contributed by atoms with van der Waals surface area (Å²) in [6.07, 6.45) is 0. The third kappa shape index (κ3) is 1.29. The fraction of sp³-hybridized carbons (Fsp3) is 0.100. The smallest absolute Gasteiger partial charge is 0.328 e. The van der Waals surface area contributed by atoms with Crippen molar-refractivity contribution >= 4 is 35.0 Å². The Bertz CT molecular complexity index is 513. The summed E-state index contributed by atoms with van der Waals surface area (Å²) in [6, 6.07) is 3.92. The van der Waals surface area contributed by atoms with E-state index in [1.807, 2.05) is 0 Å². The first-order chi connectivity index (χ1) is 7.57. The number of anilines is 1. The van der Waals surface area contributed by atoms with Crippen molar-refractivity contribution in [3.05, 3.63) is 28.8 Å². The quantitative estimate of drug-likeness (QED) is 0.691. The number of hydrogen-bond donors (Lipinski definition) is 1. The number of urea groups is 1. The van der Waals surface area contributed by atoms with Crippen molar-refractivity contribution in [3.8, 4) is 0 Å². The van der Waals surface area contributed by atoms with Gasteiger partial charge in [0.15, 0.2) is 0 Å². The zero-order valence-electron chi connectivity index (χ0n) is 8.28. The lowest BCUT2D eigenvalue weighted by Gasteiger charge is -2.13. The average molecular weight is 239 g/mol. The van der Waals surface area contributed by atoms with E-state index in [0.29, 0.717) is 0 Å². The van der Waals surface area contributed by atoms with Crippen molar-refractivity contribution < 1.29 is 14.4 Å². The largest absolute Gasteiger partial charge is 0.340 e. The van der Waals surface area contributed by atoms with Crippen LogP contribution in [0.4, 0.5) is 10.5 Å². The van der Waals surface area contributed by atoms with Crippen molar-refractivity contribution in [3.63, 3.8) is 0 Å². The second kappa shape index (κ2) is 3.61. The van der Waals surface area contributed by atoms with Crippen LogP contribution in [-0.2, 0) is 4.79 Å². The normalized spacial score (nSPS) is 14.0. The van der Waals surface area contributed by atoms with Gasteiger partial charge in [-0.05, 0) is 12.1 Å². The van der Waals surface area contributed by atoms with Crippen molar-refractivity contribution in [2.24, 2.45) is 0 Å². The Morgan fingerprint density at radius 3 is 2.69 bits per heavy atom. The second-order valence-corrected chi connectivity index (χ2v) is 3.57. The second-order valence-electron chi connectivity index (χ2n) is 3.16. The predicted molar refractivity (Wildman–Crippen MR) is 57.7 cm³/mol. The van der Waals surface area contributed by atoms with E-state index in [0.717, 1.165) is 4.90 Å². The first-order valence-corrected chi connectivity index (χ1v) is 4.84. The van der Waals surface area contributed by atoms with E-state index >= 15 is 0 Å². The van der Waals surface area contributed by atoms with E-state index in [4.69, 9.17) is 11.6 Å². The van der Waals surface area contributed by atoms with E-state index < -0.39 is 17.7 Å². The lowest BCUT2D eigenvalue weighted by Crippen LogP contribution is -2.41. The molecule has 3 amide bonds. The van der Waals surface area contributed by atoms with Crippen LogP contribution in [0.2, 0.25) is 5.02 Å². The highest BCUT2D eigenvalue weighted by Gasteiger charge is 2.40. The highest BCUT2D eigenvalue weighted by Crippen LogP contribution is 2.33. The molecule has 16 heavy (non-hydrogen) atoms. The standard InChI is InChI=1S/C10H7ClN2O3/c1-12-10(16)13-6-4-2-3-5(11)7(6)8(14)9(13)15/h2-4H,1H3,(H,12,16). The molecular formula is C10H7ClN2O3. The molecule has 0 aliphatic carbocycles. The Hall–Kier alpha value is -1.88. The molecule has 0 radical (unpaired) electrons. The molecule has 0 unspecified atom stereocenters. The van der Waals surface area contributed by atoms with Gasteiger partial charge in [0.25, 0.3) is 5.78 Å². The number of fused-ring (bicyclic) bond motifs is 1. The molecule has 1 aromatic carbocycles. The molecule has 82 valence electrons. The molecular weight excluding hydrogens is 232 g/mol. The molecule has 6 heteroatoms. The number of carbonyl (C=O) groups excluding carboxylic acids is 3. The van der Waals surface area contributed by atoms with Crippen LogP contribution in [0.3, 0.4) is 0 Å². The zero-order chi connectivity index (χ0) is 11.9. The maximum Gasteiger partial charge on any atom is 0.328 e. The fourth-order valence-corrected chi connectivity index (χ4v) is 1.81. The molecule has 1 aromatic rings. The summed E-state index contributed by atoms with van der Waals surface area (Å²) in [4.78, 5) is 35.4. The molecule has 1 aliphatic rings. The molecule has 0 fully saturated rings. The number of nitrogens with one attached hydrogen (secondary N) is 1. The molecule has 0 saturated heterocycles. The first kappa shape index (κ1) is 10.6. The van der Waals surface area contributed by atoms with Gasteiger partial charge in [-0.3, -0.25) is 9.59 Å². The summed E-state index contributed by atoms with van der Waals surface area (Å²) < 4.78 is 0. The van der Waals surface area contributed by atoms with Gasteiger partial charge in [0.05, 0.1) is 16.3 Å². The minimum atomic E-state index is -0.887. The number of amides is 3. The van der Waals surface area contributed by atoms with E-state index in [9.17, 15) is 14.4 Å². The van der Waals surface area contributed by atoms with Gasteiger partial charge in [-0.1, -0.05) is 17.7 Å². The van der Waals surface area contributed by atoms with Crippen LogP contribution >= 0.6 is 11.6 Å². The first-order valence-electron chi connectivity index (χ1n) is 4.47. The molecule has 5 nitrogen and oxygen atoms in total. The number of carbonyl (C=O) groups is 3. The van der Waals surface area contributed by atoms with Crippen LogP contribution in [0.25, 0.3) is 0 Å². The van der Waals surface area contributed by atoms with Crippen molar-refractivity contribution in [2.45, 2.75) is 0 Å². The zero-order valence-corrected chi connectivity index (χ0v) is 9.04. The monoisotopic (exact) mass is 238 g/mol. The summed E-state index contributed by atoms with van der Waals surface area (Å²) in [5, 5.41) is 2.46. The maximum absolute atomic E-state index is 11.6. The van der Waals surface area contributed by atoms with Crippen molar-refractivity contribution in [1.82, 2.24) is 5.32 Å². The van der Waals surface area contributed by atoms with Crippen LogP contribution < -0.4 is 10.2 Å². The summed E-state index contributed by atoms with van der Waals surface area (Å²) in [5.74, 6) is -1.65. The Morgan fingerprint density at radius 2 is 2.06 bits per heavy atom. The number of hydrogen-bond acceptors (Lipinski definition) is 3. The molecule has 1 aliphatic heterocycles. The van der Waals surface area contributed by atoms with Crippen LogP contribution in [0.1, 0.15) is 10.4 Å². The number of Topliss-reactive ketones (excluding diaryl/α,β-unsaturated/α-hetero) is 1. The van der Waals surface area contributed by atoms with E-state index in [1.165, 1.54) is 19.2 Å². The van der Waals surface area contributed by atoms with Gasteiger partial charge in [-0.25, -0.2) is 9.69 Å². The minimum absolute atomic E-state index is 0.0813. The van der Waals surface area contributed by atoms with E-state index in [2.05, 4.69) is 5.32 Å². The molecule has 0 bridgehead atoms. The van der Waals surface area contributed by atoms with Gasteiger partial charge < -0.3 is 5.32 Å². The van der Waals surface area contributed by atoms with E-state index in [1.54, 1.807) is 6.07 Å². The van der Waals surface area contributed by atoms with Gasteiger partial charge in [0, 0.05) is 7.05 Å². The van der Waals surface area contributed by atoms with Gasteiger partial charge in [-0.2, -0.15) is 0 Å². The lowest BCUT2D eigenvalue weighted by molar-refractivity contribution is -0.113. The van der Waals surface area contributed by atoms with Gasteiger partial charge >= 0.3 is 11.9 Å². The van der Waals surface area contributed by atoms with Crippen molar-refractivity contribution in [1.29, 1.82) is 0 Å². The summed E-state index contributed by atoms with van der Waals surface area (Å²) in [5.41, 5.74) is 0.305. The third-order valence-corrected chi connectivity index (χ3v) is 2.59. The lowest BCUT2D eigenvalue weighted by atomic mass is 10.1. The Morgan fingerprint density at radius 1 is 1.38 bits per heavy atom. The highest BCUT2D eigenvalue weighted by molar-refractivity contribution is 6.58. The number of nitrogens with zero attached hydrogens (tertiary/aromatic N) is 1. The summed E-state index contributed by atoms with van der Waals surface area (Å²) in [6.45, 7) is 0. The average Bonchev–Trinajstić information content (AvgIpc) is 2.52. The van der Waals surface area contributed by atoms with Gasteiger partial charge in [0.2, 0.25) is 0 Å². The predicted octanol–water partition coefficient (Wildman–Crippen LogP) is 1.21. The molecule has 0 atom stereocenters. The van der Waals surface area contributed by atoms with Crippen LogP contribution in [0.15, 0.2) is 18.2 Å². The Kier molecular flexibility index (Phi) is 2.40. The molecule has 0 saturated carbocycles. The number of rotatable bonds is 0. The van der Waals surface area contributed by atoms with E-state index in [-0.39, 0.29) is 16.3 Å². The maximum atomic E-state index is 11.6. The van der Waals surface area contributed by atoms with Gasteiger partial charge in [-0.15, -0.1) is 0 Å². The summed E-state index contributed by atoms with van der Waals surface area (Å²) >= 11 is 5.81. The number of imide groups is 1.